The first kappa shape index (κ1) is 15.8. The molecular weight excluding hydrogens is 342 g/mol. The summed E-state index contributed by atoms with van der Waals surface area (Å²) in [6.07, 6.45) is 2.17. The van der Waals surface area contributed by atoms with Gasteiger partial charge >= 0.3 is 0 Å². The standard InChI is InChI=1S/C13H20BrN3O2S/c1-16-7-3-4-10(16)9-17(2)20(18,19)11-5-6-12(14)13(15)8-11/h5-6,8,10H,3-4,7,9,15H2,1-2H3. The van der Waals surface area contributed by atoms with E-state index in [1.54, 1.807) is 19.2 Å². The maximum Gasteiger partial charge on any atom is 0.242 e. The molecule has 0 aromatic heterocycles. The van der Waals surface area contributed by atoms with Gasteiger partial charge in [-0.25, -0.2) is 8.42 Å². The quantitative estimate of drug-likeness (QED) is 0.829. The van der Waals surface area contributed by atoms with Crippen LogP contribution >= 0.6 is 15.9 Å². The maximum absolute atomic E-state index is 12.5. The van der Waals surface area contributed by atoms with Crippen molar-refractivity contribution in [1.82, 2.24) is 9.21 Å². The van der Waals surface area contributed by atoms with Crippen molar-refractivity contribution < 1.29 is 8.42 Å². The average molecular weight is 362 g/mol. The summed E-state index contributed by atoms with van der Waals surface area (Å²) in [5.74, 6) is 0. The predicted octanol–water partition coefficient (Wildman–Crippen LogP) is 1.75. The van der Waals surface area contributed by atoms with Crippen molar-refractivity contribution in [3.63, 3.8) is 0 Å². The number of benzene rings is 1. The Bertz CT molecular complexity index is 591. The molecule has 2 rings (SSSR count). The van der Waals surface area contributed by atoms with Crippen molar-refractivity contribution in [2.45, 2.75) is 23.8 Å². The van der Waals surface area contributed by atoms with E-state index in [0.717, 1.165) is 19.4 Å². The first-order chi connectivity index (χ1) is 9.32. The van der Waals surface area contributed by atoms with Crippen LogP contribution in [0.15, 0.2) is 27.6 Å². The van der Waals surface area contributed by atoms with Crippen LogP contribution in [-0.2, 0) is 10.0 Å². The molecule has 1 heterocycles. The number of rotatable bonds is 4. The number of hydrogen-bond donors (Lipinski definition) is 1. The molecule has 1 aliphatic rings. The lowest BCUT2D eigenvalue weighted by atomic mass is 10.2. The van der Waals surface area contributed by atoms with Gasteiger partial charge in [-0.15, -0.1) is 0 Å². The fourth-order valence-corrected chi connectivity index (χ4v) is 3.96. The summed E-state index contributed by atoms with van der Waals surface area (Å²) in [7, 11) is 0.179. The molecule has 0 radical (unpaired) electrons. The van der Waals surface area contributed by atoms with E-state index in [2.05, 4.69) is 20.8 Å². The minimum atomic E-state index is -3.48. The summed E-state index contributed by atoms with van der Waals surface area (Å²) >= 11 is 3.27. The summed E-state index contributed by atoms with van der Waals surface area (Å²) in [5.41, 5.74) is 6.19. The molecule has 1 atom stereocenters. The van der Waals surface area contributed by atoms with Crippen molar-refractivity contribution in [3.05, 3.63) is 22.7 Å². The van der Waals surface area contributed by atoms with Gasteiger partial charge in [-0.1, -0.05) is 0 Å². The molecule has 20 heavy (non-hydrogen) atoms. The predicted molar refractivity (Wildman–Crippen MR) is 84.0 cm³/mol. The van der Waals surface area contributed by atoms with Crippen LogP contribution in [0.4, 0.5) is 5.69 Å². The molecule has 112 valence electrons. The third-order valence-electron chi connectivity index (χ3n) is 3.82. The highest BCUT2D eigenvalue weighted by Crippen LogP contribution is 2.25. The normalized spacial score (nSPS) is 20.7. The topological polar surface area (TPSA) is 66.6 Å². The monoisotopic (exact) mass is 361 g/mol. The molecule has 1 fully saturated rings. The summed E-state index contributed by atoms with van der Waals surface area (Å²) in [6, 6.07) is 5.03. The van der Waals surface area contributed by atoms with Gasteiger partial charge in [0, 0.05) is 29.8 Å². The number of likely N-dealkylation sites (tertiary alicyclic amines) is 1. The van der Waals surface area contributed by atoms with Crippen LogP contribution < -0.4 is 5.73 Å². The van der Waals surface area contributed by atoms with Gasteiger partial charge in [0.05, 0.1) is 4.90 Å². The second kappa shape index (κ2) is 6.01. The smallest absolute Gasteiger partial charge is 0.242 e. The number of likely N-dealkylation sites (N-methyl/N-ethyl adjacent to an activating group) is 2. The molecule has 0 amide bonds. The van der Waals surface area contributed by atoms with Crippen LogP contribution in [0.3, 0.4) is 0 Å². The van der Waals surface area contributed by atoms with Crippen LogP contribution in [0, 0.1) is 0 Å². The molecule has 0 bridgehead atoms. The van der Waals surface area contributed by atoms with Gasteiger partial charge in [0.15, 0.2) is 0 Å². The van der Waals surface area contributed by atoms with Crippen LogP contribution in [0.2, 0.25) is 0 Å². The first-order valence-electron chi connectivity index (χ1n) is 6.54. The Labute approximate surface area is 128 Å². The lowest BCUT2D eigenvalue weighted by Gasteiger charge is -2.25. The maximum atomic E-state index is 12.5. The van der Waals surface area contributed by atoms with E-state index in [0.29, 0.717) is 22.7 Å². The summed E-state index contributed by atoms with van der Waals surface area (Å²) in [6.45, 7) is 1.54. The minimum Gasteiger partial charge on any atom is -0.398 e. The van der Waals surface area contributed by atoms with Crippen molar-refractivity contribution in [2.75, 3.05) is 32.9 Å². The van der Waals surface area contributed by atoms with Crippen molar-refractivity contribution in [1.29, 1.82) is 0 Å². The van der Waals surface area contributed by atoms with Gasteiger partial charge in [-0.3, -0.25) is 0 Å². The van der Waals surface area contributed by atoms with Crippen LogP contribution in [-0.4, -0.2) is 50.8 Å². The first-order valence-corrected chi connectivity index (χ1v) is 8.77. The van der Waals surface area contributed by atoms with Gasteiger partial charge in [0.25, 0.3) is 0 Å². The average Bonchev–Trinajstić information content (AvgIpc) is 2.78. The molecule has 1 aliphatic heterocycles. The van der Waals surface area contributed by atoms with E-state index in [-0.39, 0.29) is 4.90 Å². The second-order valence-corrected chi connectivity index (χ2v) is 8.14. The second-order valence-electron chi connectivity index (χ2n) is 5.25. The number of nitrogens with two attached hydrogens (primary N) is 1. The van der Waals surface area contributed by atoms with E-state index in [9.17, 15) is 8.42 Å². The number of sulfonamides is 1. The zero-order chi connectivity index (χ0) is 14.9. The molecule has 1 unspecified atom stereocenters. The Morgan fingerprint density at radius 1 is 1.50 bits per heavy atom. The SMILES string of the molecule is CN1CCCC1CN(C)S(=O)(=O)c1ccc(Br)c(N)c1. The molecular formula is C13H20BrN3O2S. The number of halogens is 1. The molecule has 0 spiro atoms. The lowest BCUT2D eigenvalue weighted by molar-refractivity contribution is 0.271. The minimum absolute atomic E-state index is 0.237. The van der Waals surface area contributed by atoms with Gasteiger partial charge in [-0.05, 0) is 60.6 Å². The fourth-order valence-electron chi connectivity index (χ4n) is 2.47. The van der Waals surface area contributed by atoms with Crippen LogP contribution in [0.1, 0.15) is 12.8 Å². The van der Waals surface area contributed by atoms with E-state index in [4.69, 9.17) is 5.73 Å². The molecule has 1 aromatic rings. The summed E-state index contributed by atoms with van der Waals surface area (Å²) in [5, 5.41) is 0. The molecule has 0 saturated carbocycles. The van der Waals surface area contributed by atoms with Gasteiger partial charge in [0.2, 0.25) is 10.0 Å². The van der Waals surface area contributed by atoms with Crippen molar-refractivity contribution in [3.8, 4) is 0 Å². The van der Waals surface area contributed by atoms with E-state index in [1.807, 2.05) is 7.05 Å². The van der Waals surface area contributed by atoms with Crippen molar-refractivity contribution >= 4 is 31.6 Å². The Kier molecular flexibility index (Phi) is 4.73. The zero-order valence-electron chi connectivity index (χ0n) is 11.7. The number of anilines is 1. The van der Waals surface area contributed by atoms with Gasteiger partial charge < -0.3 is 10.6 Å². The molecule has 5 nitrogen and oxygen atoms in total. The third kappa shape index (κ3) is 3.16. The fraction of sp³-hybridized carbons (Fsp3) is 0.538. The number of hydrogen-bond acceptors (Lipinski definition) is 4. The van der Waals surface area contributed by atoms with Gasteiger partial charge in [-0.2, -0.15) is 4.31 Å². The van der Waals surface area contributed by atoms with Crippen LogP contribution in [0.25, 0.3) is 0 Å². The van der Waals surface area contributed by atoms with Crippen molar-refractivity contribution in [2.24, 2.45) is 0 Å². The zero-order valence-corrected chi connectivity index (χ0v) is 14.1. The molecule has 0 aliphatic carbocycles. The Morgan fingerprint density at radius 3 is 2.75 bits per heavy atom. The Hall–Kier alpha value is -0.630. The largest absolute Gasteiger partial charge is 0.398 e. The van der Waals surface area contributed by atoms with E-state index >= 15 is 0 Å². The number of nitrogens with zero attached hydrogens (tertiary/aromatic N) is 2. The highest BCUT2D eigenvalue weighted by atomic mass is 79.9. The van der Waals surface area contributed by atoms with Crippen LogP contribution in [0.5, 0.6) is 0 Å². The van der Waals surface area contributed by atoms with E-state index < -0.39 is 10.0 Å². The highest BCUT2D eigenvalue weighted by Gasteiger charge is 2.28. The molecule has 1 saturated heterocycles. The lowest BCUT2D eigenvalue weighted by Crippen LogP contribution is -2.39. The Balaban J connectivity index is 2.18. The van der Waals surface area contributed by atoms with Gasteiger partial charge in [0.1, 0.15) is 0 Å². The highest BCUT2D eigenvalue weighted by molar-refractivity contribution is 9.10. The van der Waals surface area contributed by atoms with E-state index in [1.165, 1.54) is 10.4 Å². The summed E-state index contributed by atoms with van der Waals surface area (Å²) < 4.78 is 27.2. The molecule has 2 N–H and O–H groups in total. The third-order valence-corrected chi connectivity index (χ3v) is 6.36. The Morgan fingerprint density at radius 2 is 2.20 bits per heavy atom. The summed E-state index contributed by atoms with van der Waals surface area (Å²) in [4.78, 5) is 2.45. The molecule has 1 aromatic carbocycles. The number of nitrogen functional groups attached to an aromatic ring is 1. The molecule has 7 heteroatoms.